The third kappa shape index (κ3) is 3.34. The van der Waals surface area contributed by atoms with Crippen LogP contribution in [0.5, 0.6) is 0 Å². The molecule has 5 nitrogen and oxygen atoms in total. The Balaban J connectivity index is 2.41. The fraction of sp³-hybridized carbons (Fsp3) is 0.636. The van der Waals surface area contributed by atoms with Crippen molar-refractivity contribution in [3.8, 4) is 0 Å². The molecule has 90 valence electrons. The van der Waals surface area contributed by atoms with Gasteiger partial charge in [0.2, 0.25) is 0 Å². The topological polar surface area (TPSA) is 72.4 Å². The fourth-order valence-corrected chi connectivity index (χ4v) is 1.30. The van der Waals surface area contributed by atoms with Crippen LogP contribution in [0.15, 0.2) is 16.9 Å². The largest absolute Gasteiger partial charge is 0.364 e. The van der Waals surface area contributed by atoms with Gasteiger partial charge in [-0.25, -0.2) is 0 Å². The van der Waals surface area contributed by atoms with Crippen molar-refractivity contribution in [2.75, 3.05) is 13.6 Å². The highest BCUT2D eigenvalue weighted by Gasteiger charge is 2.16. The first-order chi connectivity index (χ1) is 7.52. The molecular weight excluding hydrogens is 206 g/mol. The smallest absolute Gasteiger partial charge is 0.275 e. The maximum atomic E-state index is 11.8. The van der Waals surface area contributed by atoms with Crippen LogP contribution < -0.4 is 5.73 Å². The van der Waals surface area contributed by atoms with Gasteiger partial charge in [0.15, 0.2) is 5.69 Å². The number of amides is 1. The molecule has 1 rings (SSSR count). The quantitative estimate of drug-likeness (QED) is 0.815. The van der Waals surface area contributed by atoms with Gasteiger partial charge >= 0.3 is 0 Å². The zero-order valence-corrected chi connectivity index (χ0v) is 10.0. The first kappa shape index (κ1) is 12.7. The van der Waals surface area contributed by atoms with Crippen LogP contribution in [0.2, 0.25) is 0 Å². The van der Waals surface area contributed by atoms with Crippen molar-refractivity contribution < 1.29 is 9.32 Å². The van der Waals surface area contributed by atoms with Gasteiger partial charge in [-0.05, 0) is 12.3 Å². The third-order valence-corrected chi connectivity index (χ3v) is 2.66. The van der Waals surface area contributed by atoms with Gasteiger partial charge in [-0.2, -0.15) is 0 Å². The Kier molecular flexibility index (Phi) is 4.49. The van der Waals surface area contributed by atoms with E-state index >= 15 is 0 Å². The summed E-state index contributed by atoms with van der Waals surface area (Å²) in [6.07, 6.45) is 2.18. The highest BCUT2D eigenvalue weighted by molar-refractivity contribution is 5.91. The summed E-state index contributed by atoms with van der Waals surface area (Å²) in [6, 6.07) is 1.67. The molecule has 0 bridgehead atoms. The molecule has 16 heavy (non-hydrogen) atoms. The molecule has 5 heteroatoms. The molecular formula is C11H19N3O2. The SMILES string of the molecule is CC(C)C(N)CCN(C)C(=O)c1ccon1. The number of hydrogen-bond acceptors (Lipinski definition) is 4. The van der Waals surface area contributed by atoms with Gasteiger partial charge in [-0.15, -0.1) is 0 Å². The second-order valence-electron chi connectivity index (χ2n) is 4.31. The van der Waals surface area contributed by atoms with Crippen LogP contribution in [0, 0.1) is 5.92 Å². The van der Waals surface area contributed by atoms with E-state index in [9.17, 15) is 4.79 Å². The Morgan fingerprint density at radius 1 is 1.62 bits per heavy atom. The standard InChI is InChI=1S/C11H19N3O2/c1-8(2)9(12)4-6-14(3)11(15)10-5-7-16-13-10/h5,7-9H,4,6,12H2,1-3H3. The van der Waals surface area contributed by atoms with E-state index in [1.165, 1.54) is 6.26 Å². The average Bonchev–Trinajstić information content (AvgIpc) is 2.77. The van der Waals surface area contributed by atoms with Gasteiger partial charge in [0.1, 0.15) is 6.26 Å². The summed E-state index contributed by atoms with van der Waals surface area (Å²) in [5, 5.41) is 3.60. The molecule has 0 fully saturated rings. The number of carbonyl (C=O) groups excluding carboxylic acids is 1. The zero-order chi connectivity index (χ0) is 12.1. The van der Waals surface area contributed by atoms with Gasteiger partial charge in [0.05, 0.1) is 0 Å². The van der Waals surface area contributed by atoms with Gasteiger partial charge < -0.3 is 15.2 Å². The number of aromatic nitrogens is 1. The lowest BCUT2D eigenvalue weighted by atomic mass is 10.0. The first-order valence-corrected chi connectivity index (χ1v) is 5.43. The summed E-state index contributed by atoms with van der Waals surface area (Å²) in [6.45, 7) is 4.78. The minimum atomic E-state index is -0.135. The molecule has 0 saturated heterocycles. The Morgan fingerprint density at radius 3 is 2.81 bits per heavy atom. The van der Waals surface area contributed by atoms with Crippen LogP contribution in [0.25, 0.3) is 0 Å². The van der Waals surface area contributed by atoms with Crippen LogP contribution in [0.1, 0.15) is 30.8 Å². The lowest BCUT2D eigenvalue weighted by molar-refractivity contribution is 0.0779. The van der Waals surface area contributed by atoms with Crippen molar-refractivity contribution in [1.29, 1.82) is 0 Å². The molecule has 0 aliphatic rings. The van der Waals surface area contributed by atoms with Crippen LogP contribution in [-0.4, -0.2) is 35.6 Å². The minimum Gasteiger partial charge on any atom is -0.364 e. The second kappa shape index (κ2) is 5.65. The summed E-state index contributed by atoms with van der Waals surface area (Å²) < 4.78 is 4.63. The van der Waals surface area contributed by atoms with Crippen molar-refractivity contribution in [2.24, 2.45) is 11.7 Å². The Labute approximate surface area is 95.6 Å². The Hall–Kier alpha value is -1.36. The summed E-state index contributed by atoms with van der Waals surface area (Å²) in [5.41, 5.74) is 6.25. The Morgan fingerprint density at radius 2 is 2.31 bits per heavy atom. The highest BCUT2D eigenvalue weighted by atomic mass is 16.5. The maximum Gasteiger partial charge on any atom is 0.275 e. The number of nitrogens with two attached hydrogens (primary N) is 1. The van der Waals surface area contributed by atoms with E-state index in [1.54, 1.807) is 18.0 Å². The van der Waals surface area contributed by atoms with Crippen molar-refractivity contribution >= 4 is 5.91 Å². The molecule has 0 spiro atoms. The summed E-state index contributed by atoms with van der Waals surface area (Å²) in [7, 11) is 1.74. The fourth-order valence-electron chi connectivity index (χ4n) is 1.30. The molecule has 0 aliphatic heterocycles. The van der Waals surface area contributed by atoms with E-state index in [2.05, 4.69) is 23.5 Å². The molecule has 1 aromatic heterocycles. The van der Waals surface area contributed by atoms with Gasteiger partial charge in [0, 0.05) is 25.7 Å². The molecule has 1 aromatic rings. The average molecular weight is 225 g/mol. The normalized spacial score (nSPS) is 12.8. The lowest BCUT2D eigenvalue weighted by Crippen LogP contribution is -2.34. The number of hydrogen-bond donors (Lipinski definition) is 1. The number of carbonyl (C=O) groups is 1. The highest BCUT2D eigenvalue weighted by Crippen LogP contribution is 2.06. The predicted octanol–water partition coefficient (Wildman–Crippen LogP) is 1.12. The third-order valence-electron chi connectivity index (χ3n) is 2.66. The van der Waals surface area contributed by atoms with Crippen molar-refractivity contribution in [3.05, 3.63) is 18.0 Å². The van der Waals surface area contributed by atoms with Crippen molar-refractivity contribution in [3.63, 3.8) is 0 Å². The van der Waals surface area contributed by atoms with E-state index in [-0.39, 0.29) is 11.9 Å². The molecule has 1 unspecified atom stereocenters. The molecule has 0 radical (unpaired) electrons. The monoisotopic (exact) mass is 225 g/mol. The molecule has 1 amide bonds. The number of rotatable bonds is 5. The van der Waals surface area contributed by atoms with E-state index in [0.29, 0.717) is 18.2 Å². The van der Waals surface area contributed by atoms with Gasteiger partial charge in [-0.1, -0.05) is 19.0 Å². The lowest BCUT2D eigenvalue weighted by Gasteiger charge is -2.20. The van der Waals surface area contributed by atoms with Crippen LogP contribution in [0.3, 0.4) is 0 Å². The maximum absolute atomic E-state index is 11.8. The molecule has 1 atom stereocenters. The van der Waals surface area contributed by atoms with E-state index in [4.69, 9.17) is 5.73 Å². The molecule has 0 aromatic carbocycles. The van der Waals surface area contributed by atoms with E-state index in [0.717, 1.165) is 6.42 Å². The molecule has 0 aliphatic carbocycles. The number of nitrogens with zero attached hydrogens (tertiary/aromatic N) is 2. The summed E-state index contributed by atoms with van der Waals surface area (Å²) in [4.78, 5) is 13.4. The predicted molar refractivity (Wildman–Crippen MR) is 60.9 cm³/mol. The second-order valence-corrected chi connectivity index (χ2v) is 4.31. The van der Waals surface area contributed by atoms with Crippen molar-refractivity contribution in [2.45, 2.75) is 26.3 Å². The van der Waals surface area contributed by atoms with Crippen LogP contribution in [0.4, 0.5) is 0 Å². The molecule has 1 heterocycles. The van der Waals surface area contributed by atoms with E-state index < -0.39 is 0 Å². The summed E-state index contributed by atoms with van der Waals surface area (Å²) >= 11 is 0. The van der Waals surface area contributed by atoms with Crippen molar-refractivity contribution in [1.82, 2.24) is 10.1 Å². The Bertz CT molecular complexity index is 322. The summed E-state index contributed by atoms with van der Waals surface area (Å²) in [5.74, 6) is 0.292. The minimum absolute atomic E-state index is 0.118. The molecule has 2 N–H and O–H groups in total. The first-order valence-electron chi connectivity index (χ1n) is 5.43. The van der Waals surface area contributed by atoms with Gasteiger partial charge in [0.25, 0.3) is 5.91 Å². The van der Waals surface area contributed by atoms with Crippen LogP contribution in [-0.2, 0) is 0 Å². The molecule has 0 saturated carbocycles. The zero-order valence-electron chi connectivity index (χ0n) is 10.0. The van der Waals surface area contributed by atoms with Gasteiger partial charge in [-0.3, -0.25) is 4.79 Å². The van der Waals surface area contributed by atoms with E-state index in [1.807, 2.05) is 0 Å². The van der Waals surface area contributed by atoms with Crippen LogP contribution >= 0.6 is 0 Å².